The minimum absolute atomic E-state index is 0.0450. The van der Waals surface area contributed by atoms with Gasteiger partial charge >= 0.3 is 11.9 Å². The van der Waals surface area contributed by atoms with E-state index in [0.717, 1.165) is 5.56 Å². The predicted octanol–water partition coefficient (Wildman–Crippen LogP) is 3.85. The molecule has 0 radical (unpaired) electrons. The van der Waals surface area contributed by atoms with Gasteiger partial charge in [-0.15, -0.1) is 0 Å². The van der Waals surface area contributed by atoms with Gasteiger partial charge < -0.3 is 23.9 Å². The Morgan fingerprint density at radius 2 is 1.91 bits per heavy atom. The minimum atomic E-state index is -3.39. The highest BCUT2D eigenvalue weighted by Gasteiger charge is 2.35. The molecule has 1 atom stereocenters. The van der Waals surface area contributed by atoms with Crippen LogP contribution in [0.25, 0.3) is 11.3 Å². The quantitative estimate of drug-likeness (QED) is 0.625. The second-order valence-corrected chi connectivity index (χ2v) is 9.11. The SMILES string of the molecule is CCOC(=O)c1cn2c(cc1=O)-c1cc(OC)c(OCC(F)(F)CO)cc1CC2C(C)(C)C. The van der Waals surface area contributed by atoms with Crippen LogP contribution in [0, 0.1) is 5.41 Å². The van der Waals surface area contributed by atoms with Gasteiger partial charge in [-0.05, 0) is 36.5 Å². The van der Waals surface area contributed by atoms with Crippen molar-refractivity contribution in [1.29, 1.82) is 0 Å². The number of hydrogen-bond acceptors (Lipinski definition) is 6. The van der Waals surface area contributed by atoms with Gasteiger partial charge in [0.05, 0.1) is 19.4 Å². The molecular formula is C24H29F2NO6. The first-order valence-corrected chi connectivity index (χ1v) is 10.7. The Morgan fingerprint density at radius 3 is 2.48 bits per heavy atom. The van der Waals surface area contributed by atoms with Crippen LogP contribution in [0.3, 0.4) is 0 Å². The third-order valence-corrected chi connectivity index (χ3v) is 5.66. The molecule has 0 amide bonds. The summed E-state index contributed by atoms with van der Waals surface area (Å²) < 4.78 is 44.7. The van der Waals surface area contributed by atoms with Crippen molar-refractivity contribution >= 4 is 5.97 Å². The molecule has 0 saturated carbocycles. The van der Waals surface area contributed by atoms with Crippen LogP contribution in [0.4, 0.5) is 8.78 Å². The predicted molar refractivity (Wildman–Crippen MR) is 118 cm³/mol. The third-order valence-electron chi connectivity index (χ3n) is 5.66. The van der Waals surface area contributed by atoms with Crippen LogP contribution in [-0.2, 0) is 11.2 Å². The molecular weight excluding hydrogens is 436 g/mol. The molecule has 180 valence electrons. The number of esters is 1. The number of methoxy groups -OCH3 is 1. The molecule has 0 bridgehead atoms. The van der Waals surface area contributed by atoms with Crippen molar-refractivity contribution in [3.05, 3.63) is 45.7 Å². The summed E-state index contributed by atoms with van der Waals surface area (Å²) in [4.78, 5) is 25.1. The molecule has 0 aliphatic carbocycles. The smallest absolute Gasteiger partial charge is 0.343 e. The van der Waals surface area contributed by atoms with Crippen molar-refractivity contribution in [3.8, 4) is 22.8 Å². The van der Waals surface area contributed by atoms with Gasteiger partial charge in [-0.3, -0.25) is 4.79 Å². The van der Waals surface area contributed by atoms with Gasteiger partial charge in [0.15, 0.2) is 23.5 Å². The molecule has 0 saturated heterocycles. The number of rotatable bonds is 7. The molecule has 1 aliphatic rings. The summed E-state index contributed by atoms with van der Waals surface area (Å²) in [6, 6.07) is 4.51. The number of nitrogens with zero attached hydrogens (tertiary/aromatic N) is 1. The number of carbonyl (C=O) groups is 1. The summed E-state index contributed by atoms with van der Waals surface area (Å²) in [6.45, 7) is 5.61. The number of aromatic nitrogens is 1. The Hall–Kier alpha value is -2.94. The van der Waals surface area contributed by atoms with E-state index in [1.54, 1.807) is 19.1 Å². The maximum absolute atomic E-state index is 13.5. The molecule has 33 heavy (non-hydrogen) atoms. The van der Waals surface area contributed by atoms with E-state index in [2.05, 4.69) is 0 Å². The second-order valence-electron chi connectivity index (χ2n) is 9.11. The fourth-order valence-electron chi connectivity index (χ4n) is 3.93. The summed E-state index contributed by atoms with van der Waals surface area (Å²) in [5.41, 5.74) is 1.28. The zero-order chi connectivity index (χ0) is 24.6. The number of ether oxygens (including phenoxy) is 3. The number of hydrogen-bond donors (Lipinski definition) is 1. The zero-order valence-electron chi connectivity index (χ0n) is 19.4. The van der Waals surface area contributed by atoms with E-state index in [0.29, 0.717) is 17.7 Å². The Labute approximate surface area is 190 Å². The summed E-state index contributed by atoms with van der Waals surface area (Å²) in [5, 5.41) is 8.82. The summed E-state index contributed by atoms with van der Waals surface area (Å²) in [5.74, 6) is -3.73. The van der Waals surface area contributed by atoms with Crippen molar-refractivity contribution in [2.45, 2.75) is 46.1 Å². The highest BCUT2D eigenvalue weighted by molar-refractivity contribution is 5.89. The largest absolute Gasteiger partial charge is 0.493 e. The van der Waals surface area contributed by atoms with Crippen molar-refractivity contribution in [2.24, 2.45) is 5.41 Å². The number of fused-ring (bicyclic) bond motifs is 3. The molecule has 7 nitrogen and oxygen atoms in total. The third kappa shape index (κ3) is 5.03. The van der Waals surface area contributed by atoms with Crippen LogP contribution >= 0.6 is 0 Å². The van der Waals surface area contributed by atoms with Crippen LogP contribution in [-0.4, -0.2) is 48.5 Å². The van der Waals surface area contributed by atoms with Crippen LogP contribution in [0.2, 0.25) is 0 Å². The summed E-state index contributed by atoms with van der Waals surface area (Å²) in [7, 11) is 1.39. The van der Waals surface area contributed by atoms with Crippen molar-refractivity contribution < 1.29 is 32.9 Å². The molecule has 2 heterocycles. The molecule has 0 spiro atoms. The highest BCUT2D eigenvalue weighted by Crippen LogP contribution is 2.45. The first kappa shape index (κ1) is 24.7. The van der Waals surface area contributed by atoms with Crippen LogP contribution in [0.15, 0.2) is 29.2 Å². The van der Waals surface area contributed by atoms with Crippen LogP contribution in [0.5, 0.6) is 11.5 Å². The molecule has 3 rings (SSSR count). The molecule has 1 aliphatic heterocycles. The van der Waals surface area contributed by atoms with Gasteiger partial charge in [-0.1, -0.05) is 20.8 Å². The zero-order valence-corrected chi connectivity index (χ0v) is 19.4. The Balaban J connectivity index is 2.17. The van der Waals surface area contributed by atoms with Crippen molar-refractivity contribution in [1.82, 2.24) is 4.57 Å². The lowest BCUT2D eigenvalue weighted by molar-refractivity contribution is -0.0804. The van der Waals surface area contributed by atoms with E-state index in [1.807, 2.05) is 25.3 Å². The Morgan fingerprint density at radius 1 is 1.21 bits per heavy atom. The normalized spacial score (nSPS) is 15.5. The number of carbonyl (C=O) groups excluding carboxylic acids is 1. The van der Waals surface area contributed by atoms with E-state index in [4.69, 9.17) is 19.3 Å². The van der Waals surface area contributed by atoms with E-state index in [-0.39, 0.29) is 35.1 Å². The van der Waals surface area contributed by atoms with Gasteiger partial charge in [0, 0.05) is 23.9 Å². The number of aliphatic hydroxyl groups is 1. The standard InChI is InChI=1S/C24H29F2NO6/c1-6-32-22(30)16-11-27-17(10-18(16)29)15-9-19(31-5)20(33-13-24(25,26)12-28)7-14(15)8-21(27)23(2,3)4/h7,9-11,21,28H,6,8,12-13H2,1-5H3. The minimum Gasteiger partial charge on any atom is -0.493 e. The number of halogens is 2. The maximum atomic E-state index is 13.5. The van der Waals surface area contributed by atoms with Gasteiger partial charge in [0.1, 0.15) is 12.2 Å². The van der Waals surface area contributed by atoms with Crippen molar-refractivity contribution in [3.63, 3.8) is 0 Å². The van der Waals surface area contributed by atoms with Crippen molar-refractivity contribution in [2.75, 3.05) is 26.9 Å². The Bertz CT molecular complexity index is 1100. The second kappa shape index (κ2) is 9.13. The highest BCUT2D eigenvalue weighted by atomic mass is 19.3. The van der Waals surface area contributed by atoms with E-state index < -0.39 is 30.5 Å². The molecule has 1 aromatic carbocycles. The lowest BCUT2D eigenvalue weighted by atomic mass is 9.78. The van der Waals surface area contributed by atoms with E-state index >= 15 is 0 Å². The topological polar surface area (TPSA) is 87.0 Å². The molecule has 1 N–H and O–H groups in total. The number of alkyl halides is 2. The average molecular weight is 465 g/mol. The molecule has 1 unspecified atom stereocenters. The molecule has 2 aromatic rings. The van der Waals surface area contributed by atoms with Gasteiger partial charge in [0.2, 0.25) is 0 Å². The van der Waals surface area contributed by atoms with E-state index in [1.165, 1.54) is 19.4 Å². The van der Waals surface area contributed by atoms with Gasteiger partial charge in [-0.2, -0.15) is 0 Å². The lowest BCUT2D eigenvalue weighted by Gasteiger charge is -2.39. The first-order chi connectivity index (χ1) is 15.4. The Kier molecular flexibility index (Phi) is 6.83. The number of aliphatic hydroxyl groups excluding tert-OH is 1. The lowest BCUT2D eigenvalue weighted by Crippen LogP contribution is -2.33. The van der Waals surface area contributed by atoms with Crippen LogP contribution < -0.4 is 14.9 Å². The molecule has 0 fully saturated rings. The summed E-state index contributed by atoms with van der Waals surface area (Å²) in [6.07, 6.45) is 2.04. The first-order valence-electron chi connectivity index (χ1n) is 10.7. The molecule has 9 heteroatoms. The van der Waals surface area contributed by atoms with Crippen LogP contribution in [0.1, 0.15) is 49.7 Å². The van der Waals surface area contributed by atoms with E-state index in [9.17, 15) is 18.4 Å². The number of benzene rings is 1. The average Bonchev–Trinajstić information content (AvgIpc) is 2.75. The fourth-order valence-corrected chi connectivity index (χ4v) is 3.93. The molecule has 1 aromatic heterocycles. The van der Waals surface area contributed by atoms with Gasteiger partial charge in [0.25, 0.3) is 0 Å². The van der Waals surface area contributed by atoms with Gasteiger partial charge in [-0.25, -0.2) is 13.6 Å². The summed E-state index contributed by atoms with van der Waals surface area (Å²) >= 11 is 0. The fraction of sp³-hybridized carbons (Fsp3) is 0.500. The monoisotopic (exact) mass is 465 g/mol. The number of pyridine rings is 1. The maximum Gasteiger partial charge on any atom is 0.343 e.